The SMILES string of the molecule is COc1ccccc1-n1c(SCC(=O)Nc2cc(=O)n(-c3ccccc3)[nH]2)nnc1-c1ccncc1. The highest BCUT2D eigenvalue weighted by atomic mass is 32.2. The van der Waals surface area contributed by atoms with E-state index < -0.39 is 0 Å². The standard InChI is InChI=1S/C25H21N7O3S/c1-35-20-10-6-5-9-19(20)31-24(17-11-13-26-14-12-17)28-29-25(31)36-16-22(33)27-21-15-23(34)32(30-21)18-7-3-2-4-8-18/h2-15,30H,16H2,1H3,(H,27,33). The van der Waals surface area contributed by atoms with Gasteiger partial charge in [0.15, 0.2) is 11.0 Å². The smallest absolute Gasteiger partial charge is 0.273 e. The van der Waals surface area contributed by atoms with E-state index in [0.29, 0.717) is 28.2 Å². The normalized spacial score (nSPS) is 10.8. The molecule has 5 rings (SSSR count). The summed E-state index contributed by atoms with van der Waals surface area (Å²) >= 11 is 1.22. The van der Waals surface area contributed by atoms with Gasteiger partial charge in [-0.1, -0.05) is 42.1 Å². The van der Waals surface area contributed by atoms with E-state index >= 15 is 0 Å². The number of pyridine rings is 1. The van der Waals surface area contributed by atoms with E-state index in [4.69, 9.17) is 4.74 Å². The second kappa shape index (κ2) is 10.3. The van der Waals surface area contributed by atoms with Crippen LogP contribution in [-0.2, 0) is 4.79 Å². The van der Waals surface area contributed by atoms with Crippen molar-refractivity contribution < 1.29 is 9.53 Å². The van der Waals surface area contributed by atoms with Crippen LogP contribution >= 0.6 is 11.8 Å². The van der Waals surface area contributed by atoms with Crippen LogP contribution in [0.5, 0.6) is 5.75 Å². The van der Waals surface area contributed by atoms with Gasteiger partial charge in [-0.3, -0.25) is 24.2 Å². The number of benzene rings is 2. The van der Waals surface area contributed by atoms with Gasteiger partial charge in [0.25, 0.3) is 5.56 Å². The molecule has 0 saturated carbocycles. The number of nitrogens with one attached hydrogen (secondary N) is 2. The molecular formula is C25H21N7O3S. The number of hydrogen-bond donors (Lipinski definition) is 2. The highest BCUT2D eigenvalue weighted by molar-refractivity contribution is 7.99. The molecule has 0 spiro atoms. The van der Waals surface area contributed by atoms with Gasteiger partial charge in [0, 0.05) is 24.0 Å². The predicted molar refractivity (Wildman–Crippen MR) is 137 cm³/mol. The van der Waals surface area contributed by atoms with E-state index in [9.17, 15) is 9.59 Å². The van der Waals surface area contributed by atoms with Crippen molar-refractivity contribution >= 4 is 23.5 Å². The van der Waals surface area contributed by atoms with Crippen molar-refractivity contribution in [2.24, 2.45) is 0 Å². The summed E-state index contributed by atoms with van der Waals surface area (Å²) in [5.41, 5.74) is 1.96. The first-order valence-electron chi connectivity index (χ1n) is 10.9. The number of carbonyl (C=O) groups excluding carboxylic acids is 1. The fourth-order valence-electron chi connectivity index (χ4n) is 3.63. The Hall–Kier alpha value is -4.64. The van der Waals surface area contributed by atoms with Gasteiger partial charge in [-0.15, -0.1) is 10.2 Å². The topological polar surface area (TPSA) is 120 Å². The van der Waals surface area contributed by atoms with E-state index in [0.717, 1.165) is 11.3 Å². The number of nitrogens with zero attached hydrogens (tertiary/aromatic N) is 5. The lowest BCUT2D eigenvalue weighted by atomic mass is 10.2. The van der Waals surface area contributed by atoms with Crippen LogP contribution in [0.1, 0.15) is 0 Å². The molecule has 0 radical (unpaired) electrons. The number of ether oxygens (including phenoxy) is 1. The highest BCUT2D eigenvalue weighted by Crippen LogP contribution is 2.32. The second-order valence-corrected chi connectivity index (χ2v) is 8.51. The molecule has 3 aromatic heterocycles. The third-order valence-electron chi connectivity index (χ3n) is 5.24. The largest absolute Gasteiger partial charge is 0.495 e. The van der Waals surface area contributed by atoms with Gasteiger partial charge in [0.2, 0.25) is 5.91 Å². The van der Waals surface area contributed by atoms with E-state index in [2.05, 4.69) is 25.6 Å². The van der Waals surface area contributed by atoms with Gasteiger partial charge < -0.3 is 10.1 Å². The summed E-state index contributed by atoms with van der Waals surface area (Å²) < 4.78 is 8.77. The number of amides is 1. The minimum absolute atomic E-state index is 0.0438. The van der Waals surface area contributed by atoms with Crippen LogP contribution in [0, 0.1) is 0 Å². The molecule has 0 atom stereocenters. The first-order valence-corrected chi connectivity index (χ1v) is 11.9. The van der Waals surface area contributed by atoms with E-state index in [1.807, 2.05) is 59.2 Å². The average molecular weight is 500 g/mol. The van der Waals surface area contributed by atoms with Crippen molar-refractivity contribution in [2.75, 3.05) is 18.2 Å². The minimum Gasteiger partial charge on any atom is -0.495 e. The van der Waals surface area contributed by atoms with Gasteiger partial charge in [-0.25, -0.2) is 4.68 Å². The van der Waals surface area contributed by atoms with Crippen molar-refractivity contribution in [3.8, 4) is 28.5 Å². The average Bonchev–Trinajstić information content (AvgIpc) is 3.51. The van der Waals surface area contributed by atoms with Crippen LogP contribution < -0.4 is 15.6 Å². The number of aromatic nitrogens is 6. The van der Waals surface area contributed by atoms with Crippen LogP contribution in [0.3, 0.4) is 0 Å². The summed E-state index contributed by atoms with van der Waals surface area (Å²) in [6.45, 7) is 0. The number of rotatable bonds is 8. The lowest BCUT2D eigenvalue weighted by Crippen LogP contribution is -2.15. The molecule has 0 saturated heterocycles. The van der Waals surface area contributed by atoms with Crippen molar-refractivity contribution in [1.82, 2.24) is 29.5 Å². The lowest BCUT2D eigenvalue weighted by Gasteiger charge is -2.13. The number of thioether (sulfide) groups is 1. The zero-order chi connectivity index (χ0) is 24.9. The summed E-state index contributed by atoms with van der Waals surface area (Å²) in [6.07, 6.45) is 3.36. The van der Waals surface area contributed by atoms with Crippen LogP contribution in [0.4, 0.5) is 5.82 Å². The Kier molecular flexibility index (Phi) is 6.63. The van der Waals surface area contributed by atoms with E-state index in [-0.39, 0.29) is 17.2 Å². The lowest BCUT2D eigenvalue weighted by molar-refractivity contribution is -0.113. The molecule has 10 nitrogen and oxygen atoms in total. The molecule has 0 aliphatic rings. The first-order chi connectivity index (χ1) is 17.6. The van der Waals surface area contributed by atoms with E-state index in [1.165, 1.54) is 22.5 Å². The maximum Gasteiger partial charge on any atom is 0.273 e. The van der Waals surface area contributed by atoms with Crippen molar-refractivity contribution in [2.45, 2.75) is 5.16 Å². The summed E-state index contributed by atoms with van der Waals surface area (Å²) in [7, 11) is 1.60. The number of H-pyrrole nitrogens is 1. The Morgan fingerprint density at radius 2 is 1.78 bits per heavy atom. The summed E-state index contributed by atoms with van der Waals surface area (Å²) in [5, 5.41) is 14.9. The monoisotopic (exact) mass is 499 g/mol. The Labute approximate surface area is 210 Å². The molecule has 2 N–H and O–H groups in total. The third-order valence-corrected chi connectivity index (χ3v) is 6.17. The van der Waals surface area contributed by atoms with Crippen LogP contribution in [0.25, 0.3) is 22.8 Å². The molecule has 2 aromatic carbocycles. The number of aromatic amines is 1. The molecule has 0 fully saturated rings. The van der Waals surface area contributed by atoms with Gasteiger partial charge >= 0.3 is 0 Å². The summed E-state index contributed by atoms with van der Waals surface area (Å²) in [6, 6.07) is 21.6. The molecule has 0 unspecified atom stereocenters. The Bertz CT molecular complexity index is 1540. The number of methoxy groups -OCH3 is 1. The zero-order valence-electron chi connectivity index (χ0n) is 19.2. The molecular weight excluding hydrogens is 478 g/mol. The van der Waals surface area contributed by atoms with Gasteiger partial charge in [-0.05, 0) is 36.4 Å². The molecule has 0 aliphatic carbocycles. The van der Waals surface area contributed by atoms with Crippen molar-refractivity contribution in [3.63, 3.8) is 0 Å². The van der Waals surface area contributed by atoms with Crippen molar-refractivity contribution in [1.29, 1.82) is 0 Å². The fourth-order valence-corrected chi connectivity index (χ4v) is 4.37. The second-order valence-electron chi connectivity index (χ2n) is 7.57. The number of anilines is 1. The molecule has 11 heteroatoms. The van der Waals surface area contributed by atoms with Crippen molar-refractivity contribution in [3.05, 3.63) is 95.5 Å². The van der Waals surface area contributed by atoms with E-state index in [1.54, 1.807) is 31.6 Å². The van der Waals surface area contributed by atoms with Gasteiger partial charge in [-0.2, -0.15) is 0 Å². The summed E-state index contributed by atoms with van der Waals surface area (Å²) in [5.74, 6) is 1.27. The fraction of sp³-hybridized carbons (Fsp3) is 0.0800. The maximum atomic E-state index is 12.7. The molecule has 3 heterocycles. The third kappa shape index (κ3) is 4.77. The highest BCUT2D eigenvalue weighted by Gasteiger charge is 2.20. The molecule has 5 aromatic rings. The number of carbonyl (C=O) groups is 1. The predicted octanol–water partition coefficient (Wildman–Crippen LogP) is 3.55. The number of hydrogen-bond acceptors (Lipinski definition) is 7. The van der Waals surface area contributed by atoms with Crippen LogP contribution in [-0.4, -0.2) is 48.3 Å². The van der Waals surface area contributed by atoms with Crippen LogP contribution in [0.2, 0.25) is 0 Å². The summed E-state index contributed by atoms with van der Waals surface area (Å²) in [4.78, 5) is 29.1. The Balaban J connectivity index is 1.38. The van der Waals surface area contributed by atoms with Gasteiger partial charge in [0.05, 0.1) is 24.2 Å². The minimum atomic E-state index is -0.304. The zero-order valence-corrected chi connectivity index (χ0v) is 20.0. The van der Waals surface area contributed by atoms with Gasteiger partial charge in [0.1, 0.15) is 11.6 Å². The Morgan fingerprint density at radius 1 is 1.03 bits per heavy atom. The number of para-hydroxylation sites is 3. The first kappa shape index (κ1) is 23.1. The molecule has 0 bridgehead atoms. The van der Waals surface area contributed by atoms with Crippen LogP contribution in [0.15, 0.2) is 95.1 Å². The maximum absolute atomic E-state index is 12.7. The molecule has 1 amide bonds. The molecule has 180 valence electrons. The molecule has 36 heavy (non-hydrogen) atoms. The quantitative estimate of drug-likeness (QED) is 0.313. The Morgan fingerprint density at radius 3 is 2.56 bits per heavy atom. The molecule has 0 aliphatic heterocycles.